The van der Waals surface area contributed by atoms with Crippen LogP contribution >= 0.6 is 0 Å². The predicted octanol–water partition coefficient (Wildman–Crippen LogP) is 3.14. The Hall–Kier alpha value is -1.91. The van der Waals surface area contributed by atoms with Crippen molar-refractivity contribution in [3.63, 3.8) is 0 Å². The zero-order chi connectivity index (χ0) is 12.3. The molecule has 2 aromatic rings. The first-order valence-electron chi connectivity index (χ1n) is 5.31. The maximum atomic E-state index is 12.3. The molecule has 3 nitrogen and oxygen atoms in total. The van der Waals surface area contributed by atoms with E-state index in [0.29, 0.717) is 5.69 Å². The maximum absolute atomic E-state index is 12.3. The van der Waals surface area contributed by atoms with Crippen LogP contribution in [-0.4, -0.2) is 22.7 Å². The van der Waals surface area contributed by atoms with Gasteiger partial charge in [0.05, 0.1) is 11.7 Å². The second-order valence-corrected chi connectivity index (χ2v) is 3.82. The lowest BCUT2D eigenvalue weighted by Crippen LogP contribution is -2.23. The molecule has 90 valence electrons. The lowest BCUT2D eigenvalue weighted by atomic mass is 10.1. The van der Waals surface area contributed by atoms with Gasteiger partial charge in [0.25, 0.3) is 6.43 Å². The normalized spacial score (nSPS) is 12.7. The molecule has 0 saturated carbocycles. The molecule has 0 radical (unpaired) electrons. The van der Waals surface area contributed by atoms with Crippen LogP contribution < -0.4 is 5.32 Å². The number of benzene rings is 1. The van der Waals surface area contributed by atoms with Crippen molar-refractivity contribution < 1.29 is 8.78 Å². The highest BCUT2D eigenvalue weighted by Crippen LogP contribution is 2.19. The summed E-state index contributed by atoms with van der Waals surface area (Å²) in [5.41, 5.74) is 2.55. The fourth-order valence-corrected chi connectivity index (χ4v) is 1.49. The molecule has 17 heavy (non-hydrogen) atoms. The van der Waals surface area contributed by atoms with Crippen LogP contribution in [0.2, 0.25) is 0 Å². The first-order valence-corrected chi connectivity index (χ1v) is 5.31. The smallest absolute Gasteiger partial charge is 0.258 e. The van der Waals surface area contributed by atoms with Gasteiger partial charge in [0.2, 0.25) is 0 Å². The molecule has 2 N–H and O–H groups in total. The molecule has 0 bridgehead atoms. The fraction of sp³-hybridized carbons (Fsp3) is 0.250. The molecule has 1 aromatic heterocycles. The Morgan fingerprint density at radius 1 is 1.18 bits per heavy atom. The van der Waals surface area contributed by atoms with Gasteiger partial charge in [0.1, 0.15) is 0 Å². The van der Waals surface area contributed by atoms with E-state index in [1.54, 1.807) is 18.3 Å². The molecular formula is C12H13F2N3. The van der Waals surface area contributed by atoms with Gasteiger partial charge < -0.3 is 5.32 Å². The SMILES string of the molecule is CC(Nc1ccc(-c2ccn[nH]2)cc1)C(F)F. The fourth-order valence-electron chi connectivity index (χ4n) is 1.49. The predicted molar refractivity (Wildman–Crippen MR) is 63.1 cm³/mol. The number of anilines is 1. The summed E-state index contributed by atoms with van der Waals surface area (Å²) >= 11 is 0. The zero-order valence-electron chi connectivity index (χ0n) is 9.32. The molecule has 1 unspecified atom stereocenters. The highest BCUT2D eigenvalue weighted by Gasteiger charge is 2.13. The van der Waals surface area contributed by atoms with Crippen LogP contribution in [0.1, 0.15) is 6.92 Å². The van der Waals surface area contributed by atoms with E-state index in [1.165, 1.54) is 6.92 Å². The van der Waals surface area contributed by atoms with Crippen molar-refractivity contribution in [2.75, 3.05) is 5.32 Å². The van der Waals surface area contributed by atoms with Crippen molar-refractivity contribution in [3.05, 3.63) is 36.5 Å². The summed E-state index contributed by atoms with van der Waals surface area (Å²) in [6.45, 7) is 1.45. The van der Waals surface area contributed by atoms with E-state index in [-0.39, 0.29) is 0 Å². The third kappa shape index (κ3) is 2.81. The van der Waals surface area contributed by atoms with E-state index in [0.717, 1.165) is 11.3 Å². The molecule has 2 rings (SSSR count). The van der Waals surface area contributed by atoms with Crippen molar-refractivity contribution in [2.24, 2.45) is 0 Å². The standard InChI is InChI=1S/C12H13F2N3/c1-8(12(13)14)16-10-4-2-9(3-5-10)11-6-7-15-17-11/h2-8,12,16H,1H3,(H,15,17). The van der Waals surface area contributed by atoms with Gasteiger partial charge in [0.15, 0.2) is 0 Å². The molecule has 1 heterocycles. The molecule has 5 heteroatoms. The number of aromatic nitrogens is 2. The minimum atomic E-state index is -2.37. The van der Waals surface area contributed by atoms with Crippen molar-refractivity contribution in [3.8, 4) is 11.3 Å². The van der Waals surface area contributed by atoms with Crippen molar-refractivity contribution in [2.45, 2.75) is 19.4 Å². The highest BCUT2D eigenvalue weighted by atomic mass is 19.3. The Morgan fingerprint density at radius 3 is 2.41 bits per heavy atom. The van der Waals surface area contributed by atoms with Gasteiger partial charge in [-0.15, -0.1) is 0 Å². The Kier molecular flexibility index (Phi) is 3.37. The van der Waals surface area contributed by atoms with E-state index in [9.17, 15) is 8.78 Å². The molecular weight excluding hydrogens is 224 g/mol. The van der Waals surface area contributed by atoms with Crippen LogP contribution in [0.25, 0.3) is 11.3 Å². The molecule has 0 amide bonds. The summed E-state index contributed by atoms with van der Waals surface area (Å²) in [5.74, 6) is 0. The highest BCUT2D eigenvalue weighted by molar-refractivity contribution is 5.62. The largest absolute Gasteiger partial charge is 0.377 e. The minimum Gasteiger partial charge on any atom is -0.377 e. The summed E-state index contributed by atoms with van der Waals surface area (Å²) in [6.07, 6.45) is -0.706. The molecule has 1 aromatic carbocycles. The second-order valence-electron chi connectivity index (χ2n) is 3.82. The van der Waals surface area contributed by atoms with Gasteiger partial charge in [-0.2, -0.15) is 5.10 Å². The van der Waals surface area contributed by atoms with Crippen LogP contribution in [0.4, 0.5) is 14.5 Å². The van der Waals surface area contributed by atoms with Crippen LogP contribution in [0.15, 0.2) is 36.5 Å². The molecule has 0 aliphatic heterocycles. The first kappa shape index (κ1) is 11.6. The van der Waals surface area contributed by atoms with E-state index < -0.39 is 12.5 Å². The zero-order valence-corrected chi connectivity index (χ0v) is 9.32. The number of nitrogens with zero attached hydrogens (tertiary/aromatic N) is 1. The summed E-state index contributed by atoms with van der Waals surface area (Å²) in [5, 5.41) is 9.43. The van der Waals surface area contributed by atoms with Gasteiger partial charge in [-0.05, 0) is 30.7 Å². The molecule has 0 aliphatic rings. The van der Waals surface area contributed by atoms with E-state index in [4.69, 9.17) is 0 Å². The lowest BCUT2D eigenvalue weighted by molar-refractivity contribution is 0.131. The van der Waals surface area contributed by atoms with Crippen molar-refractivity contribution in [1.29, 1.82) is 0 Å². The Labute approximate surface area is 97.9 Å². The maximum Gasteiger partial charge on any atom is 0.258 e. The topological polar surface area (TPSA) is 40.7 Å². The summed E-state index contributed by atoms with van der Waals surface area (Å²) in [6, 6.07) is 8.25. The molecule has 0 aliphatic carbocycles. The van der Waals surface area contributed by atoms with Gasteiger partial charge in [-0.1, -0.05) is 12.1 Å². The second kappa shape index (κ2) is 4.95. The number of aromatic amines is 1. The number of alkyl halides is 2. The summed E-state index contributed by atoms with van der Waals surface area (Å²) < 4.78 is 24.7. The van der Waals surface area contributed by atoms with Crippen LogP contribution in [-0.2, 0) is 0 Å². The number of rotatable bonds is 4. The van der Waals surface area contributed by atoms with E-state index in [2.05, 4.69) is 15.5 Å². The summed E-state index contributed by atoms with van der Waals surface area (Å²) in [7, 11) is 0. The van der Waals surface area contributed by atoms with Crippen molar-refractivity contribution >= 4 is 5.69 Å². The van der Waals surface area contributed by atoms with Crippen molar-refractivity contribution in [1.82, 2.24) is 10.2 Å². The van der Waals surface area contributed by atoms with Gasteiger partial charge in [-0.25, -0.2) is 8.78 Å². The van der Waals surface area contributed by atoms with Gasteiger partial charge in [0, 0.05) is 11.9 Å². The first-order chi connectivity index (χ1) is 8.16. The molecule has 0 saturated heterocycles. The Bertz CT molecular complexity index is 451. The van der Waals surface area contributed by atoms with Gasteiger partial charge in [-0.3, -0.25) is 5.10 Å². The van der Waals surface area contributed by atoms with Crippen LogP contribution in [0, 0.1) is 0 Å². The van der Waals surface area contributed by atoms with E-state index >= 15 is 0 Å². The number of hydrogen-bond donors (Lipinski definition) is 2. The third-order valence-corrected chi connectivity index (χ3v) is 2.47. The van der Waals surface area contributed by atoms with Gasteiger partial charge >= 0.3 is 0 Å². The quantitative estimate of drug-likeness (QED) is 0.857. The lowest BCUT2D eigenvalue weighted by Gasteiger charge is -2.14. The van der Waals surface area contributed by atoms with Crippen LogP contribution in [0.3, 0.4) is 0 Å². The minimum absolute atomic E-state index is 0.682. The number of hydrogen-bond acceptors (Lipinski definition) is 2. The monoisotopic (exact) mass is 237 g/mol. The van der Waals surface area contributed by atoms with E-state index in [1.807, 2.05) is 18.2 Å². The summed E-state index contributed by atoms with van der Waals surface area (Å²) in [4.78, 5) is 0. The number of H-pyrrole nitrogens is 1. The number of halogens is 2. The number of nitrogens with one attached hydrogen (secondary N) is 2. The molecule has 0 spiro atoms. The average Bonchev–Trinajstić information content (AvgIpc) is 2.83. The third-order valence-electron chi connectivity index (χ3n) is 2.47. The molecule has 1 atom stereocenters. The average molecular weight is 237 g/mol. The van der Waals surface area contributed by atoms with Crippen LogP contribution in [0.5, 0.6) is 0 Å². The Balaban J connectivity index is 2.08. The molecule has 0 fully saturated rings. The Morgan fingerprint density at radius 2 is 1.88 bits per heavy atom.